The number of amides is 1. The maximum atomic E-state index is 12.0. The molecular formula is C13H11ClN2O3. The Morgan fingerprint density at radius 3 is 2.84 bits per heavy atom. The SMILES string of the molecule is O=C(Nc1cnccc1CO)c1ccc(Cl)cc1O. The number of pyridine rings is 1. The van der Waals surface area contributed by atoms with Crippen LogP contribution in [0.4, 0.5) is 5.69 Å². The minimum absolute atomic E-state index is 0.0946. The molecule has 0 aliphatic rings. The minimum atomic E-state index is -0.503. The minimum Gasteiger partial charge on any atom is -0.507 e. The number of halogens is 1. The first-order chi connectivity index (χ1) is 9.11. The second-order valence-electron chi connectivity index (χ2n) is 3.81. The van der Waals surface area contributed by atoms with Crippen LogP contribution in [0.15, 0.2) is 36.7 Å². The van der Waals surface area contributed by atoms with E-state index in [-0.39, 0.29) is 17.9 Å². The lowest BCUT2D eigenvalue weighted by Gasteiger charge is -2.09. The summed E-state index contributed by atoms with van der Waals surface area (Å²) in [6.45, 7) is -0.218. The molecule has 0 radical (unpaired) electrons. The highest BCUT2D eigenvalue weighted by molar-refractivity contribution is 6.31. The number of hydrogen-bond acceptors (Lipinski definition) is 4. The van der Waals surface area contributed by atoms with Crippen LogP contribution in [0.3, 0.4) is 0 Å². The van der Waals surface area contributed by atoms with Gasteiger partial charge in [-0.3, -0.25) is 9.78 Å². The third-order valence-corrected chi connectivity index (χ3v) is 2.77. The molecule has 0 spiro atoms. The molecule has 5 nitrogen and oxygen atoms in total. The molecule has 1 heterocycles. The fourth-order valence-electron chi connectivity index (χ4n) is 1.56. The van der Waals surface area contributed by atoms with E-state index < -0.39 is 5.91 Å². The highest BCUT2D eigenvalue weighted by atomic mass is 35.5. The molecule has 0 saturated heterocycles. The summed E-state index contributed by atoms with van der Waals surface area (Å²) in [5, 5.41) is 21.7. The van der Waals surface area contributed by atoms with E-state index in [1.165, 1.54) is 30.6 Å². The Balaban J connectivity index is 2.26. The molecule has 2 rings (SSSR count). The Bertz CT molecular complexity index is 617. The highest BCUT2D eigenvalue weighted by Gasteiger charge is 2.13. The first kappa shape index (κ1) is 13.3. The van der Waals surface area contributed by atoms with Crippen LogP contribution in [0.2, 0.25) is 5.02 Å². The van der Waals surface area contributed by atoms with Crippen molar-refractivity contribution >= 4 is 23.2 Å². The van der Waals surface area contributed by atoms with Crippen molar-refractivity contribution in [3.05, 3.63) is 52.8 Å². The van der Waals surface area contributed by atoms with E-state index >= 15 is 0 Å². The molecule has 0 fully saturated rings. The van der Waals surface area contributed by atoms with E-state index in [1.807, 2.05) is 0 Å². The number of phenols is 1. The topological polar surface area (TPSA) is 82.5 Å². The summed E-state index contributed by atoms with van der Waals surface area (Å²) in [4.78, 5) is 15.9. The fourth-order valence-corrected chi connectivity index (χ4v) is 1.73. The van der Waals surface area contributed by atoms with Crippen molar-refractivity contribution < 1.29 is 15.0 Å². The molecule has 1 aromatic carbocycles. The van der Waals surface area contributed by atoms with Gasteiger partial charge in [0, 0.05) is 16.8 Å². The number of carbonyl (C=O) groups excluding carboxylic acids is 1. The van der Waals surface area contributed by atoms with Gasteiger partial charge in [0.15, 0.2) is 0 Å². The van der Waals surface area contributed by atoms with Gasteiger partial charge in [0.25, 0.3) is 5.91 Å². The second kappa shape index (κ2) is 5.69. The smallest absolute Gasteiger partial charge is 0.259 e. The summed E-state index contributed by atoms with van der Waals surface area (Å²) in [6, 6.07) is 5.80. The summed E-state index contributed by atoms with van der Waals surface area (Å²) in [7, 11) is 0. The number of anilines is 1. The van der Waals surface area contributed by atoms with Gasteiger partial charge in [-0.2, -0.15) is 0 Å². The number of carbonyl (C=O) groups is 1. The molecule has 0 unspecified atom stereocenters. The normalized spacial score (nSPS) is 10.2. The van der Waals surface area contributed by atoms with Gasteiger partial charge in [-0.05, 0) is 24.3 Å². The molecular weight excluding hydrogens is 268 g/mol. The van der Waals surface area contributed by atoms with Crippen molar-refractivity contribution in [2.75, 3.05) is 5.32 Å². The lowest BCUT2D eigenvalue weighted by atomic mass is 10.1. The van der Waals surface area contributed by atoms with Gasteiger partial charge in [-0.1, -0.05) is 11.6 Å². The zero-order chi connectivity index (χ0) is 13.8. The number of nitrogens with one attached hydrogen (secondary N) is 1. The number of aliphatic hydroxyl groups excluding tert-OH is 1. The summed E-state index contributed by atoms with van der Waals surface area (Å²) in [6.07, 6.45) is 2.94. The van der Waals surface area contributed by atoms with Crippen LogP contribution in [0.25, 0.3) is 0 Å². The number of benzene rings is 1. The van der Waals surface area contributed by atoms with Crippen LogP contribution in [0.5, 0.6) is 5.75 Å². The van der Waals surface area contributed by atoms with E-state index in [0.29, 0.717) is 16.3 Å². The third-order valence-electron chi connectivity index (χ3n) is 2.53. The van der Waals surface area contributed by atoms with Crippen molar-refractivity contribution in [3.63, 3.8) is 0 Å². The van der Waals surface area contributed by atoms with E-state index in [4.69, 9.17) is 16.7 Å². The predicted octanol–water partition coefficient (Wildman–Crippen LogP) is 2.19. The lowest BCUT2D eigenvalue weighted by molar-refractivity contribution is 0.102. The van der Waals surface area contributed by atoms with Gasteiger partial charge in [-0.25, -0.2) is 0 Å². The summed E-state index contributed by atoms with van der Waals surface area (Å²) in [5.74, 6) is -0.712. The van der Waals surface area contributed by atoms with Crippen molar-refractivity contribution in [2.45, 2.75) is 6.61 Å². The van der Waals surface area contributed by atoms with Gasteiger partial charge < -0.3 is 15.5 Å². The molecule has 6 heteroatoms. The predicted molar refractivity (Wildman–Crippen MR) is 71.2 cm³/mol. The van der Waals surface area contributed by atoms with Crippen LogP contribution in [-0.2, 0) is 6.61 Å². The maximum absolute atomic E-state index is 12.0. The number of phenolic OH excluding ortho intramolecular Hbond substituents is 1. The summed E-state index contributed by atoms with van der Waals surface area (Å²) >= 11 is 5.69. The maximum Gasteiger partial charge on any atom is 0.259 e. The molecule has 0 saturated carbocycles. The van der Waals surface area contributed by atoms with Gasteiger partial charge >= 0.3 is 0 Å². The second-order valence-corrected chi connectivity index (χ2v) is 4.24. The molecule has 98 valence electrons. The average Bonchev–Trinajstić information content (AvgIpc) is 2.39. The van der Waals surface area contributed by atoms with E-state index in [2.05, 4.69) is 10.3 Å². The van der Waals surface area contributed by atoms with Crippen molar-refractivity contribution in [3.8, 4) is 5.75 Å². The van der Waals surface area contributed by atoms with Crippen molar-refractivity contribution in [1.82, 2.24) is 4.98 Å². The van der Waals surface area contributed by atoms with Gasteiger partial charge in [0.1, 0.15) is 5.75 Å². The Morgan fingerprint density at radius 1 is 1.37 bits per heavy atom. The monoisotopic (exact) mass is 278 g/mol. The van der Waals surface area contributed by atoms with E-state index in [0.717, 1.165) is 0 Å². The molecule has 2 aromatic rings. The van der Waals surface area contributed by atoms with Gasteiger partial charge in [0.2, 0.25) is 0 Å². The highest BCUT2D eigenvalue weighted by Crippen LogP contribution is 2.23. The average molecular weight is 279 g/mol. The fraction of sp³-hybridized carbons (Fsp3) is 0.0769. The summed E-state index contributed by atoms with van der Waals surface area (Å²) < 4.78 is 0. The van der Waals surface area contributed by atoms with Gasteiger partial charge in [0.05, 0.1) is 24.1 Å². The number of hydrogen-bond donors (Lipinski definition) is 3. The van der Waals surface area contributed by atoms with Crippen LogP contribution >= 0.6 is 11.6 Å². The van der Waals surface area contributed by atoms with Crippen LogP contribution in [0.1, 0.15) is 15.9 Å². The number of rotatable bonds is 3. The number of nitrogens with zero attached hydrogens (tertiary/aromatic N) is 1. The molecule has 0 bridgehead atoms. The third kappa shape index (κ3) is 3.01. The number of aliphatic hydroxyl groups is 1. The molecule has 19 heavy (non-hydrogen) atoms. The molecule has 1 amide bonds. The quantitative estimate of drug-likeness (QED) is 0.804. The largest absolute Gasteiger partial charge is 0.507 e. The van der Waals surface area contributed by atoms with Crippen LogP contribution in [0, 0.1) is 0 Å². The van der Waals surface area contributed by atoms with Crippen molar-refractivity contribution in [1.29, 1.82) is 0 Å². The van der Waals surface area contributed by atoms with Crippen LogP contribution in [-0.4, -0.2) is 21.1 Å². The zero-order valence-electron chi connectivity index (χ0n) is 9.80. The van der Waals surface area contributed by atoms with Crippen molar-refractivity contribution in [2.24, 2.45) is 0 Å². The molecule has 3 N–H and O–H groups in total. The van der Waals surface area contributed by atoms with Gasteiger partial charge in [-0.15, -0.1) is 0 Å². The first-order valence-corrected chi connectivity index (χ1v) is 5.83. The number of aromatic hydroxyl groups is 1. The number of aromatic nitrogens is 1. The van der Waals surface area contributed by atoms with E-state index in [9.17, 15) is 9.90 Å². The first-order valence-electron chi connectivity index (χ1n) is 5.45. The zero-order valence-corrected chi connectivity index (χ0v) is 10.6. The molecule has 0 atom stereocenters. The van der Waals surface area contributed by atoms with E-state index in [1.54, 1.807) is 6.07 Å². The Labute approximate surface area is 114 Å². The van der Waals surface area contributed by atoms with Crippen LogP contribution < -0.4 is 5.32 Å². The Morgan fingerprint density at radius 2 is 2.16 bits per heavy atom. The standard InChI is InChI=1S/C13H11ClN2O3/c14-9-1-2-10(12(18)5-9)13(19)16-11-6-15-4-3-8(11)7-17/h1-6,17-18H,7H2,(H,16,19). The lowest BCUT2D eigenvalue weighted by Crippen LogP contribution is -2.13. The molecule has 0 aliphatic heterocycles. The summed E-state index contributed by atoms with van der Waals surface area (Å²) in [5.41, 5.74) is 1.03. The Kier molecular flexibility index (Phi) is 3.99. The molecule has 1 aromatic heterocycles. The Hall–Kier alpha value is -2.11. The molecule has 0 aliphatic carbocycles.